The molecular formula is C25H21N3O. The van der Waals surface area contributed by atoms with E-state index in [9.17, 15) is 4.79 Å². The number of rotatable bonds is 1. The van der Waals surface area contributed by atoms with Crippen molar-refractivity contribution in [1.82, 2.24) is 4.98 Å². The third kappa shape index (κ3) is 4.17. The van der Waals surface area contributed by atoms with E-state index in [0.29, 0.717) is 6.54 Å². The van der Waals surface area contributed by atoms with Gasteiger partial charge >= 0.3 is 6.03 Å². The zero-order valence-corrected chi connectivity index (χ0v) is 15.9. The summed E-state index contributed by atoms with van der Waals surface area (Å²) in [4.78, 5) is 17.1. The standard InChI is InChI=1S/C15H11N.C10H10N2O/c1-2-6-12(7-3-1)15-10-13-8-4-5-9-14(13)11-16-15;11-10(13)12-7-3-5-8-4-1-2-6-9(8)12/h1-11H;1-6H,7H2,(H2,11,13). The van der Waals surface area contributed by atoms with Gasteiger partial charge in [-0.25, -0.2) is 4.79 Å². The number of primary amides is 1. The second-order valence-corrected chi connectivity index (χ2v) is 6.69. The van der Waals surface area contributed by atoms with Crippen molar-refractivity contribution < 1.29 is 4.79 Å². The number of carbonyl (C=O) groups is 1. The summed E-state index contributed by atoms with van der Waals surface area (Å²) >= 11 is 0. The van der Waals surface area contributed by atoms with E-state index in [4.69, 9.17) is 5.73 Å². The molecule has 0 saturated carbocycles. The number of aromatic nitrogens is 1. The maximum Gasteiger partial charge on any atom is 0.319 e. The Kier molecular flexibility index (Phi) is 5.34. The summed E-state index contributed by atoms with van der Waals surface area (Å²) in [6, 6.07) is 27.9. The molecular weight excluding hydrogens is 358 g/mol. The van der Waals surface area contributed by atoms with Gasteiger partial charge in [0.05, 0.1) is 11.4 Å². The molecule has 29 heavy (non-hydrogen) atoms. The third-order valence-corrected chi connectivity index (χ3v) is 4.78. The number of urea groups is 1. The Balaban J connectivity index is 0.000000145. The molecule has 142 valence electrons. The fourth-order valence-corrected chi connectivity index (χ4v) is 3.32. The van der Waals surface area contributed by atoms with Gasteiger partial charge in [0.1, 0.15) is 0 Å². The molecule has 0 fully saturated rings. The van der Waals surface area contributed by atoms with Crippen LogP contribution in [0, 0.1) is 0 Å². The van der Waals surface area contributed by atoms with E-state index < -0.39 is 6.03 Å². The van der Waals surface area contributed by atoms with Crippen LogP contribution >= 0.6 is 0 Å². The van der Waals surface area contributed by atoms with E-state index in [1.807, 2.05) is 66.9 Å². The van der Waals surface area contributed by atoms with Crippen LogP contribution in [0.3, 0.4) is 0 Å². The smallest absolute Gasteiger partial charge is 0.319 e. The highest BCUT2D eigenvalue weighted by molar-refractivity contribution is 5.94. The van der Waals surface area contributed by atoms with Crippen LogP contribution < -0.4 is 10.6 Å². The van der Waals surface area contributed by atoms with Crippen LogP contribution in [0.1, 0.15) is 5.56 Å². The van der Waals surface area contributed by atoms with Crippen molar-refractivity contribution in [3.63, 3.8) is 0 Å². The Labute approximate surface area is 169 Å². The molecule has 2 heterocycles. The molecule has 4 aromatic rings. The number of amides is 2. The highest BCUT2D eigenvalue weighted by atomic mass is 16.2. The van der Waals surface area contributed by atoms with Crippen LogP contribution in [0.4, 0.5) is 10.5 Å². The third-order valence-electron chi connectivity index (χ3n) is 4.78. The first kappa shape index (κ1) is 18.4. The van der Waals surface area contributed by atoms with Gasteiger partial charge in [0, 0.05) is 23.7 Å². The van der Waals surface area contributed by atoms with Gasteiger partial charge in [0.15, 0.2) is 0 Å². The summed E-state index contributed by atoms with van der Waals surface area (Å²) in [5.41, 5.74) is 9.34. The van der Waals surface area contributed by atoms with Gasteiger partial charge in [-0.15, -0.1) is 0 Å². The maximum atomic E-state index is 11.0. The average Bonchev–Trinajstić information content (AvgIpc) is 2.79. The number of anilines is 1. The minimum absolute atomic E-state index is 0.406. The molecule has 4 nitrogen and oxygen atoms in total. The normalized spacial score (nSPS) is 12.1. The molecule has 0 spiro atoms. The monoisotopic (exact) mass is 379 g/mol. The average molecular weight is 379 g/mol. The molecule has 2 amide bonds. The van der Waals surface area contributed by atoms with Gasteiger partial charge < -0.3 is 5.73 Å². The van der Waals surface area contributed by atoms with E-state index in [-0.39, 0.29) is 0 Å². The summed E-state index contributed by atoms with van der Waals surface area (Å²) in [5, 5.41) is 2.42. The molecule has 2 N–H and O–H groups in total. The van der Waals surface area contributed by atoms with Gasteiger partial charge in [-0.2, -0.15) is 0 Å². The Morgan fingerprint density at radius 1 is 0.862 bits per heavy atom. The van der Waals surface area contributed by atoms with E-state index in [1.165, 1.54) is 10.8 Å². The van der Waals surface area contributed by atoms with Gasteiger partial charge in [-0.1, -0.05) is 84.9 Å². The van der Waals surface area contributed by atoms with Crippen molar-refractivity contribution in [2.45, 2.75) is 0 Å². The van der Waals surface area contributed by atoms with E-state index in [2.05, 4.69) is 41.4 Å². The number of benzene rings is 3. The largest absolute Gasteiger partial charge is 0.351 e. The van der Waals surface area contributed by atoms with Crippen molar-refractivity contribution in [3.8, 4) is 11.3 Å². The predicted octanol–water partition coefficient (Wildman–Crippen LogP) is 5.50. The summed E-state index contributed by atoms with van der Waals surface area (Å²) in [6.45, 7) is 0.562. The Hall–Kier alpha value is -3.92. The summed E-state index contributed by atoms with van der Waals surface area (Å²) in [6.07, 6.45) is 5.85. The lowest BCUT2D eigenvalue weighted by atomic mass is 10.1. The number of pyridine rings is 1. The van der Waals surface area contributed by atoms with Crippen molar-refractivity contribution in [1.29, 1.82) is 0 Å². The first-order chi connectivity index (χ1) is 14.2. The minimum atomic E-state index is -0.406. The van der Waals surface area contributed by atoms with Crippen LogP contribution in [-0.2, 0) is 0 Å². The van der Waals surface area contributed by atoms with Crippen LogP contribution in [0.15, 0.2) is 97.2 Å². The predicted molar refractivity (Wildman–Crippen MR) is 120 cm³/mol. The highest BCUT2D eigenvalue weighted by Gasteiger charge is 2.15. The van der Waals surface area contributed by atoms with Crippen LogP contribution in [0.2, 0.25) is 0 Å². The van der Waals surface area contributed by atoms with Crippen molar-refractivity contribution in [2.24, 2.45) is 5.73 Å². The van der Waals surface area contributed by atoms with E-state index in [1.54, 1.807) is 4.90 Å². The van der Waals surface area contributed by atoms with Crippen molar-refractivity contribution in [2.75, 3.05) is 11.4 Å². The molecule has 0 unspecified atom stereocenters. The zero-order valence-electron chi connectivity index (χ0n) is 15.9. The molecule has 0 bridgehead atoms. The number of hydrogen-bond donors (Lipinski definition) is 1. The number of nitrogens with two attached hydrogens (primary N) is 1. The molecule has 0 radical (unpaired) electrons. The first-order valence-corrected chi connectivity index (χ1v) is 9.45. The molecule has 4 heteroatoms. The SMILES string of the molecule is NC(=O)N1CC=Cc2ccccc21.c1ccc(-c2cc3ccccc3cn2)cc1. The molecule has 1 aromatic heterocycles. The second kappa shape index (κ2) is 8.40. The van der Waals surface area contributed by atoms with Gasteiger partial charge in [0.2, 0.25) is 0 Å². The van der Waals surface area contributed by atoms with Crippen LogP contribution in [0.25, 0.3) is 28.1 Å². The lowest BCUT2D eigenvalue weighted by molar-refractivity contribution is 0.254. The molecule has 1 aliphatic heterocycles. The molecule has 3 aromatic carbocycles. The maximum absolute atomic E-state index is 11.0. The van der Waals surface area contributed by atoms with E-state index in [0.717, 1.165) is 22.5 Å². The lowest BCUT2D eigenvalue weighted by Gasteiger charge is -2.23. The summed E-state index contributed by atoms with van der Waals surface area (Å²) in [7, 11) is 0. The topological polar surface area (TPSA) is 59.2 Å². The molecule has 5 rings (SSSR count). The van der Waals surface area contributed by atoms with Crippen LogP contribution in [0.5, 0.6) is 0 Å². The van der Waals surface area contributed by atoms with Gasteiger partial charge in [-0.3, -0.25) is 9.88 Å². The zero-order chi connectivity index (χ0) is 20.1. The Bertz CT molecular complexity index is 1170. The van der Waals surface area contributed by atoms with E-state index >= 15 is 0 Å². The van der Waals surface area contributed by atoms with Gasteiger partial charge in [-0.05, 0) is 23.1 Å². The lowest BCUT2D eigenvalue weighted by Crippen LogP contribution is -2.37. The summed E-state index contributed by atoms with van der Waals surface area (Å²) in [5.74, 6) is 0. The van der Waals surface area contributed by atoms with Crippen LogP contribution in [-0.4, -0.2) is 17.6 Å². The number of hydrogen-bond acceptors (Lipinski definition) is 2. The number of carbonyl (C=O) groups excluding carboxylic acids is 1. The first-order valence-electron chi connectivity index (χ1n) is 9.45. The quantitative estimate of drug-likeness (QED) is 0.475. The second-order valence-electron chi connectivity index (χ2n) is 6.69. The Morgan fingerprint density at radius 3 is 2.34 bits per heavy atom. The van der Waals surface area contributed by atoms with Crippen molar-refractivity contribution in [3.05, 3.63) is 103 Å². The molecule has 0 saturated heterocycles. The minimum Gasteiger partial charge on any atom is -0.351 e. The molecule has 0 aliphatic carbocycles. The highest BCUT2D eigenvalue weighted by Crippen LogP contribution is 2.24. The van der Waals surface area contributed by atoms with Gasteiger partial charge in [0.25, 0.3) is 0 Å². The number of fused-ring (bicyclic) bond motifs is 2. The fourth-order valence-electron chi connectivity index (χ4n) is 3.32. The molecule has 0 atom stereocenters. The number of nitrogens with zero attached hydrogens (tertiary/aromatic N) is 2. The van der Waals surface area contributed by atoms with Crippen molar-refractivity contribution >= 4 is 28.6 Å². The number of para-hydroxylation sites is 1. The molecule has 1 aliphatic rings. The fraction of sp³-hybridized carbons (Fsp3) is 0.0400. The summed E-state index contributed by atoms with van der Waals surface area (Å²) < 4.78 is 0. The Morgan fingerprint density at radius 2 is 1.55 bits per heavy atom.